The first-order valence-corrected chi connectivity index (χ1v) is 13.5. The molecule has 0 unspecified atom stereocenters. The molecule has 3 heterocycles. The highest BCUT2D eigenvalue weighted by Crippen LogP contribution is 2.30. The summed E-state index contributed by atoms with van der Waals surface area (Å²) in [6.07, 6.45) is 1.72. The lowest BCUT2D eigenvalue weighted by Gasteiger charge is -2.11. The quantitative estimate of drug-likeness (QED) is 0.112. The summed E-state index contributed by atoms with van der Waals surface area (Å²) in [5, 5.41) is 9.51. The van der Waals surface area contributed by atoms with Gasteiger partial charge in [0.05, 0.1) is 19.0 Å². The molecule has 8 heteroatoms. The smallest absolute Gasteiger partial charge is 0.298 e. The number of anilines is 2. The number of carbonyl (C=O) groups excluding carboxylic acids is 2. The molecule has 3 aromatic heterocycles. The van der Waals surface area contributed by atoms with Crippen LogP contribution in [0.4, 0.5) is 11.4 Å². The molecule has 208 valence electrons. The van der Waals surface area contributed by atoms with E-state index in [0.29, 0.717) is 23.5 Å². The van der Waals surface area contributed by atoms with Crippen LogP contribution < -0.4 is 20.7 Å². The number of benzene rings is 2. The molecule has 0 spiro atoms. The van der Waals surface area contributed by atoms with Gasteiger partial charge in [0.25, 0.3) is 11.7 Å². The molecule has 0 aliphatic heterocycles. The summed E-state index contributed by atoms with van der Waals surface area (Å²) in [5.74, 6) is -0.763. The van der Waals surface area contributed by atoms with Crippen LogP contribution in [0.25, 0.3) is 16.6 Å². The number of amides is 1. The van der Waals surface area contributed by atoms with E-state index in [9.17, 15) is 9.59 Å². The van der Waals surface area contributed by atoms with Crippen LogP contribution >= 0.6 is 0 Å². The fourth-order valence-corrected chi connectivity index (χ4v) is 4.83. The van der Waals surface area contributed by atoms with E-state index in [1.165, 1.54) is 5.56 Å². The van der Waals surface area contributed by atoms with Crippen molar-refractivity contribution in [3.05, 3.63) is 114 Å². The zero-order valence-electron chi connectivity index (χ0n) is 23.4. The number of ketones is 1. The number of pyridine rings is 2. The molecule has 5 rings (SSSR count). The van der Waals surface area contributed by atoms with Crippen molar-refractivity contribution in [2.24, 2.45) is 0 Å². The van der Waals surface area contributed by atoms with Crippen molar-refractivity contribution in [2.75, 3.05) is 30.8 Å². The molecule has 0 radical (unpaired) electrons. The SMILES string of the molecule is COc1ccc2cc(-c3ccccc3)c(C(=O)C(=O)Nc3ccc(NCCNCc4cc(C)cc(C)n4)cc3)n2c1. The lowest BCUT2D eigenvalue weighted by Crippen LogP contribution is -2.24. The summed E-state index contributed by atoms with van der Waals surface area (Å²) in [7, 11) is 1.57. The minimum Gasteiger partial charge on any atom is -0.495 e. The van der Waals surface area contributed by atoms with Crippen LogP contribution in [0.3, 0.4) is 0 Å². The maximum Gasteiger partial charge on any atom is 0.298 e. The predicted octanol–water partition coefficient (Wildman–Crippen LogP) is 5.65. The Balaban J connectivity index is 1.22. The number of rotatable bonds is 11. The van der Waals surface area contributed by atoms with Gasteiger partial charge >= 0.3 is 0 Å². The number of hydrogen-bond acceptors (Lipinski definition) is 6. The Hall–Kier alpha value is -4.95. The third kappa shape index (κ3) is 6.62. The largest absolute Gasteiger partial charge is 0.495 e. The highest BCUT2D eigenvalue weighted by Gasteiger charge is 2.25. The predicted molar refractivity (Wildman–Crippen MR) is 163 cm³/mol. The monoisotopic (exact) mass is 547 g/mol. The minimum atomic E-state index is -0.713. The van der Waals surface area contributed by atoms with Crippen LogP contribution in [0, 0.1) is 13.8 Å². The molecule has 0 aliphatic carbocycles. The van der Waals surface area contributed by atoms with Crippen LogP contribution in [0.1, 0.15) is 27.4 Å². The van der Waals surface area contributed by atoms with Crippen LogP contribution in [0.15, 0.2) is 91.1 Å². The molecule has 41 heavy (non-hydrogen) atoms. The molecule has 3 N–H and O–H groups in total. The molecular formula is C33H33N5O3. The summed E-state index contributed by atoms with van der Waals surface area (Å²) in [6, 6.07) is 26.6. The van der Waals surface area contributed by atoms with Gasteiger partial charge in [-0.2, -0.15) is 0 Å². The van der Waals surface area contributed by atoms with Gasteiger partial charge in [0.2, 0.25) is 0 Å². The molecule has 0 saturated heterocycles. The van der Waals surface area contributed by atoms with E-state index in [4.69, 9.17) is 4.74 Å². The Bertz CT molecular complexity index is 1660. The van der Waals surface area contributed by atoms with Gasteiger partial charge in [0.1, 0.15) is 11.4 Å². The van der Waals surface area contributed by atoms with Crippen LogP contribution in [-0.4, -0.2) is 41.3 Å². The number of methoxy groups -OCH3 is 1. The fraction of sp³-hybridized carbons (Fsp3) is 0.182. The zero-order valence-corrected chi connectivity index (χ0v) is 23.4. The number of ether oxygens (including phenoxy) is 1. The highest BCUT2D eigenvalue weighted by atomic mass is 16.5. The molecular weight excluding hydrogens is 514 g/mol. The number of nitrogens with zero attached hydrogens (tertiary/aromatic N) is 2. The van der Waals surface area contributed by atoms with Gasteiger partial charge < -0.3 is 25.1 Å². The summed E-state index contributed by atoms with van der Waals surface area (Å²) >= 11 is 0. The highest BCUT2D eigenvalue weighted by molar-refractivity contribution is 6.47. The van der Waals surface area contributed by atoms with Crippen molar-refractivity contribution >= 4 is 28.6 Å². The maximum absolute atomic E-state index is 13.5. The third-order valence-corrected chi connectivity index (χ3v) is 6.71. The molecule has 0 fully saturated rings. The normalized spacial score (nSPS) is 10.9. The van der Waals surface area contributed by atoms with E-state index in [-0.39, 0.29) is 5.69 Å². The number of aromatic nitrogens is 2. The fourth-order valence-electron chi connectivity index (χ4n) is 4.83. The van der Waals surface area contributed by atoms with Crippen molar-refractivity contribution < 1.29 is 14.3 Å². The third-order valence-electron chi connectivity index (χ3n) is 6.71. The van der Waals surface area contributed by atoms with Crippen LogP contribution in [0.5, 0.6) is 5.75 Å². The number of carbonyl (C=O) groups is 2. The number of aryl methyl sites for hydroxylation is 2. The van der Waals surface area contributed by atoms with E-state index >= 15 is 0 Å². The van der Waals surface area contributed by atoms with Gasteiger partial charge in [0, 0.05) is 47.8 Å². The number of Topliss-reactive ketones (excluding diaryl/α,β-unsaturated/α-hetero) is 1. The Labute approximate surface area is 239 Å². The Morgan fingerprint density at radius 3 is 2.37 bits per heavy atom. The molecule has 0 aliphatic rings. The van der Waals surface area contributed by atoms with Gasteiger partial charge in [-0.05, 0) is 79.6 Å². The molecule has 8 nitrogen and oxygen atoms in total. The second-order valence-corrected chi connectivity index (χ2v) is 9.88. The van der Waals surface area contributed by atoms with Gasteiger partial charge in [-0.3, -0.25) is 14.6 Å². The average Bonchev–Trinajstić information content (AvgIpc) is 3.36. The van der Waals surface area contributed by atoms with E-state index in [1.807, 2.05) is 67.6 Å². The first-order valence-electron chi connectivity index (χ1n) is 13.5. The maximum atomic E-state index is 13.5. The molecule has 0 saturated carbocycles. The molecule has 0 atom stereocenters. The Morgan fingerprint density at radius 2 is 1.63 bits per heavy atom. The van der Waals surface area contributed by atoms with Crippen LogP contribution in [-0.2, 0) is 11.3 Å². The van der Waals surface area contributed by atoms with Crippen molar-refractivity contribution in [1.29, 1.82) is 0 Å². The van der Waals surface area contributed by atoms with Gasteiger partial charge in [-0.25, -0.2) is 0 Å². The average molecular weight is 548 g/mol. The standard InChI is InChI=1S/C33H33N5O3/c1-22-17-23(2)36-27(18-22)20-34-15-16-35-25-9-11-26(12-10-25)37-33(40)32(39)31-30(24-7-5-4-6-8-24)19-28-13-14-29(41-3)21-38(28)31/h4-14,17-19,21,34-35H,15-16,20H2,1-3H3,(H,37,40). The second kappa shape index (κ2) is 12.5. The number of fused-ring (bicyclic) bond motifs is 1. The van der Waals surface area contributed by atoms with Crippen molar-refractivity contribution in [1.82, 2.24) is 14.7 Å². The topological polar surface area (TPSA) is 96.8 Å². The van der Waals surface area contributed by atoms with E-state index < -0.39 is 11.7 Å². The van der Waals surface area contributed by atoms with E-state index in [0.717, 1.165) is 41.2 Å². The van der Waals surface area contributed by atoms with Gasteiger partial charge in [-0.15, -0.1) is 0 Å². The lowest BCUT2D eigenvalue weighted by molar-refractivity contribution is -0.112. The second-order valence-electron chi connectivity index (χ2n) is 9.88. The van der Waals surface area contributed by atoms with Gasteiger partial charge in [0.15, 0.2) is 0 Å². The number of nitrogens with one attached hydrogen (secondary N) is 3. The van der Waals surface area contributed by atoms with Crippen LogP contribution in [0.2, 0.25) is 0 Å². The molecule has 1 amide bonds. The molecule has 2 aromatic carbocycles. The summed E-state index contributed by atoms with van der Waals surface area (Å²) in [6.45, 7) is 6.27. The van der Waals surface area contributed by atoms with Gasteiger partial charge in [-0.1, -0.05) is 30.3 Å². The summed E-state index contributed by atoms with van der Waals surface area (Å²) < 4.78 is 7.07. The number of hydrogen-bond donors (Lipinski definition) is 3. The first-order chi connectivity index (χ1) is 19.9. The minimum absolute atomic E-state index is 0.282. The first kappa shape index (κ1) is 27.6. The van der Waals surface area contributed by atoms with E-state index in [2.05, 4.69) is 40.0 Å². The molecule has 5 aromatic rings. The Kier molecular flexibility index (Phi) is 8.41. The summed E-state index contributed by atoms with van der Waals surface area (Å²) in [4.78, 5) is 31.2. The lowest BCUT2D eigenvalue weighted by atomic mass is 10.0. The van der Waals surface area contributed by atoms with Crippen molar-refractivity contribution in [3.8, 4) is 16.9 Å². The zero-order chi connectivity index (χ0) is 28.8. The van der Waals surface area contributed by atoms with E-state index in [1.54, 1.807) is 29.8 Å². The Morgan fingerprint density at radius 1 is 0.878 bits per heavy atom. The molecule has 0 bridgehead atoms. The van der Waals surface area contributed by atoms with Crippen molar-refractivity contribution in [3.63, 3.8) is 0 Å². The summed E-state index contributed by atoms with van der Waals surface area (Å²) in [5.41, 5.74) is 7.31. The van der Waals surface area contributed by atoms with Crippen molar-refractivity contribution in [2.45, 2.75) is 20.4 Å².